The van der Waals surface area contributed by atoms with Crippen molar-refractivity contribution in [3.63, 3.8) is 0 Å². The van der Waals surface area contributed by atoms with Gasteiger partial charge in [0.1, 0.15) is 24.2 Å². The van der Waals surface area contributed by atoms with Crippen molar-refractivity contribution < 1.29 is 27.1 Å². The largest absolute Gasteiger partial charge is 0.492 e. The zero-order valence-electron chi connectivity index (χ0n) is 26.7. The quantitative estimate of drug-likeness (QED) is 0.158. The van der Waals surface area contributed by atoms with Gasteiger partial charge in [-0.3, -0.25) is 13.9 Å². The molecule has 5 rings (SSSR count). The predicted molar refractivity (Wildman–Crippen MR) is 185 cm³/mol. The van der Waals surface area contributed by atoms with Gasteiger partial charge in [0.2, 0.25) is 11.8 Å². The molecule has 11 heteroatoms. The Hall–Kier alpha value is -4.41. The lowest BCUT2D eigenvalue weighted by molar-refractivity contribution is -0.140. The summed E-state index contributed by atoms with van der Waals surface area (Å²) in [6.07, 6.45) is 3.77. The molecule has 0 bridgehead atoms. The second-order valence-electron chi connectivity index (χ2n) is 11.7. The summed E-state index contributed by atoms with van der Waals surface area (Å²) < 4.78 is 50.6. The fourth-order valence-electron chi connectivity index (χ4n) is 5.92. The molecule has 1 aliphatic rings. The standard InChI is InChI=1S/C37H39ClFN3O5S/c1-2-47-35-19-11-10-18-33(35)42(48(45,46)31-22-20-29(38)21-23-31)26-36(43)41(25-28-14-6-9-17-32(28)39)34(24-27-12-4-3-5-13-27)37(44)40-30-15-7-8-16-30/h3-6,9-14,17-23,30,34H,2,7-8,15-16,24-26H2,1H3,(H,40,44)/t34-/m1/s1. The summed E-state index contributed by atoms with van der Waals surface area (Å²) in [6, 6.07) is 26.4. The van der Waals surface area contributed by atoms with Gasteiger partial charge in [-0.25, -0.2) is 12.8 Å². The number of benzene rings is 4. The SMILES string of the molecule is CCOc1ccccc1N(CC(=O)N(Cc1ccccc1F)[C@H](Cc1ccccc1)C(=O)NC1CCCC1)S(=O)(=O)c1ccc(Cl)cc1. The number of carbonyl (C=O) groups is 2. The maximum atomic E-state index is 15.2. The van der Waals surface area contributed by atoms with Gasteiger partial charge in [0.25, 0.3) is 10.0 Å². The minimum atomic E-state index is -4.37. The molecule has 0 aromatic heterocycles. The maximum Gasteiger partial charge on any atom is 0.264 e. The third-order valence-electron chi connectivity index (χ3n) is 8.39. The maximum absolute atomic E-state index is 15.2. The van der Waals surface area contributed by atoms with Gasteiger partial charge < -0.3 is 15.0 Å². The van der Waals surface area contributed by atoms with E-state index in [0.717, 1.165) is 35.6 Å². The van der Waals surface area contributed by atoms with E-state index in [9.17, 15) is 18.0 Å². The van der Waals surface area contributed by atoms with Gasteiger partial charge in [0.15, 0.2) is 0 Å². The second kappa shape index (κ2) is 16.1. The highest BCUT2D eigenvalue weighted by molar-refractivity contribution is 7.92. The molecule has 8 nitrogen and oxygen atoms in total. The first-order chi connectivity index (χ1) is 23.2. The van der Waals surface area contributed by atoms with E-state index in [1.165, 1.54) is 35.2 Å². The molecule has 0 spiro atoms. The van der Waals surface area contributed by atoms with E-state index in [2.05, 4.69) is 5.32 Å². The van der Waals surface area contributed by atoms with Crippen LogP contribution in [0, 0.1) is 5.82 Å². The molecule has 48 heavy (non-hydrogen) atoms. The average Bonchev–Trinajstić information content (AvgIpc) is 3.60. The van der Waals surface area contributed by atoms with Crippen molar-refractivity contribution in [3.8, 4) is 5.75 Å². The number of sulfonamides is 1. The molecule has 252 valence electrons. The summed E-state index contributed by atoms with van der Waals surface area (Å²) in [5.74, 6) is -1.36. The van der Waals surface area contributed by atoms with Crippen LogP contribution in [0.15, 0.2) is 108 Å². The van der Waals surface area contributed by atoms with E-state index in [4.69, 9.17) is 16.3 Å². The lowest BCUT2D eigenvalue weighted by Crippen LogP contribution is -2.54. The molecule has 4 aromatic carbocycles. The van der Waals surface area contributed by atoms with E-state index in [1.807, 2.05) is 30.3 Å². The molecule has 4 aromatic rings. The number of ether oxygens (including phenoxy) is 1. The van der Waals surface area contributed by atoms with Crippen LogP contribution in [0.5, 0.6) is 5.75 Å². The Bertz CT molecular complexity index is 1800. The van der Waals surface area contributed by atoms with Crippen LogP contribution in [-0.4, -0.2) is 50.4 Å². The third kappa shape index (κ3) is 8.54. The number of hydrogen-bond acceptors (Lipinski definition) is 5. The molecular weight excluding hydrogens is 653 g/mol. The molecule has 0 saturated heterocycles. The minimum absolute atomic E-state index is 0.0407. The van der Waals surface area contributed by atoms with E-state index >= 15 is 4.39 Å². The highest BCUT2D eigenvalue weighted by atomic mass is 35.5. The van der Waals surface area contributed by atoms with Crippen molar-refractivity contribution in [1.29, 1.82) is 0 Å². The second-order valence-corrected chi connectivity index (χ2v) is 14.0. The highest BCUT2D eigenvalue weighted by Crippen LogP contribution is 2.33. The smallest absolute Gasteiger partial charge is 0.264 e. The number of amides is 2. The van der Waals surface area contributed by atoms with Crippen LogP contribution in [0.25, 0.3) is 0 Å². The first-order valence-corrected chi connectivity index (χ1v) is 17.9. The van der Waals surface area contributed by atoms with Crippen molar-refractivity contribution in [1.82, 2.24) is 10.2 Å². The van der Waals surface area contributed by atoms with Crippen LogP contribution in [0.2, 0.25) is 5.02 Å². The number of hydrogen-bond donors (Lipinski definition) is 1. The van der Waals surface area contributed by atoms with Gasteiger partial charge in [-0.1, -0.05) is 85.1 Å². The van der Waals surface area contributed by atoms with Crippen molar-refractivity contribution >= 4 is 39.1 Å². The predicted octanol–water partition coefficient (Wildman–Crippen LogP) is 6.77. The lowest BCUT2D eigenvalue weighted by Gasteiger charge is -2.34. The average molecular weight is 692 g/mol. The number of nitrogens with zero attached hydrogens (tertiary/aromatic N) is 2. The summed E-state index contributed by atoms with van der Waals surface area (Å²) in [7, 11) is -4.37. The molecule has 1 saturated carbocycles. The highest BCUT2D eigenvalue weighted by Gasteiger charge is 2.36. The zero-order valence-corrected chi connectivity index (χ0v) is 28.3. The van der Waals surface area contributed by atoms with Gasteiger partial charge >= 0.3 is 0 Å². The van der Waals surface area contributed by atoms with Crippen molar-refractivity contribution in [2.24, 2.45) is 0 Å². The molecule has 0 aliphatic heterocycles. The van der Waals surface area contributed by atoms with Crippen molar-refractivity contribution in [2.45, 2.75) is 62.6 Å². The molecule has 1 aliphatic carbocycles. The van der Waals surface area contributed by atoms with Gasteiger partial charge in [0.05, 0.1) is 17.2 Å². The molecule has 1 N–H and O–H groups in total. The van der Waals surface area contributed by atoms with Crippen LogP contribution in [0.1, 0.15) is 43.7 Å². The number of rotatable bonds is 14. The summed E-state index contributed by atoms with van der Waals surface area (Å²) >= 11 is 6.07. The number of carbonyl (C=O) groups excluding carboxylic acids is 2. The van der Waals surface area contributed by atoms with Crippen molar-refractivity contribution in [2.75, 3.05) is 17.5 Å². The Labute approximate surface area is 286 Å². The van der Waals surface area contributed by atoms with E-state index in [0.29, 0.717) is 5.02 Å². The molecular formula is C37H39ClFN3O5S. The lowest BCUT2D eigenvalue weighted by atomic mass is 10.0. The Morgan fingerprint density at radius 2 is 1.56 bits per heavy atom. The van der Waals surface area contributed by atoms with E-state index in [-0.39, 0.29) is 53.4 Å². The zero-order chi connectivity index (χ0) is 34.1. The Kier molecular flexibility index (Phi) is 11.7. The normalized spacial score (nSPS) is 13.9. The number of para-hydroxylation sites is 2. The van der Waals surface area contributed by atoms with Crippen LogP contribution in [-0.2, 0) is 32.6 Å². The Morgan fingerprint density at radius 1 is 0.917 bits per heavy atom. The van der Waals surface area contributed by atoms with Gasteiger partial charge in [-0.05, 0) is 67.8 Å². The van der Waals surface area contributed by atoms with Crippen LogP contribution in [0.4, 0.5) is 10.1 Å². The molecule has 2 amide bonds. The molecule has 0 unspecified atom stereocenters. The Morgan fingerprint density at radius 3 is 2.25 bits per heavy atom. The van der Waals surface area contributed by atoms with E-state index < -0.39 is 34.3 Å². The van der Waals surface area contributed by atoms with E-state index in [1.54, 1.807) is 49.4 Å². The Balaban J connectivity index is 1.60. The molecule has 0 heterocycles. The first-order valence-electron chi connectivity index (χ1n) is 16.0. The number of nitrogens with one attached hydrogen (secondary N) is 1. The van der Waals surface area contributed by atoms with Crippen LogP contribution >= 0.6 is 11.6 Å². The monoisotopic (exact) mass is 691 g/mol. The van der Waals surface area contributed by atoms with Gasteiger partial charge in [0, 0.05) is 29.6 Å². The topological polar surface area (TPSA) is 96.0 Å². The number of halogens is 2. The van der Waals surface area contributed by atoms with Gasteiger partial charge in [-0.2, -0.15) is 0 Å². The van der Waals surface area contributed by atoms with Crippen LogP contribution < -0.4 is 14.4 Å². The molecule has 1 fully saturated rings. The van der Waals surface area contributed by atoms with Crippen molar-refractivity contribution in [3.05, 3.63) is 125 Å². The molecule has 1 atom stereocenters. The van der Waals surface area contributed by atoms with Crippen LogP contribution in [0.3, 0.4) is 0 Å². The fraction of sp³-hybridized carbons (Fsp3) is 0.297. The fourth-order valence-corrected chi connectivity index (χ4v) is 7.47. The summed E-state index contributed by atoms with van der Waals surface area (Å²) in [5.41, 5.74) is 1.13. The summed E-state index contributed by atoms with van der Waals surface area (Å²) in [6.45, 7) is 1.07. The third-order valence-corrected chi connectivity index (χ3v) is 10.4. The minimum Gasteiger partial charge on any atom is -0.492 e. The number of anilines is 1. The summed E-state index contributed by atoms with van der Waals surface area (Å²) in [4.78, 5) is 30.0. The first kappa shape index (κ1) is 34.9. The molecule has 0 radical (unpaired) electrons. The van der Waals surface area contributed by atoms with Gasteiger partial charge in [-0.15, -0.1) is 0 Å². The summed E-state index contributed by atoms with van der Waals surface area (Å²) in [5, 5.41) is 3.46.